The van der Waals surface area contributed by atoms with Crippen molar-refractivity contribution < 1.29 is 54.3 Å². The van der Waals surface area contributed by atoms with Crippen LogP contribution in [0, 0.1) is 0 Å². The number of amides is 2. The van der Waals surface area contributed by atoms with E-state index < -0.39 is 8.25 Å². The molecule has 2 unspecified atom stereocenters. The van der Waals surface area contributed by atoms with Crippen LogP contribution in [-0.4, -0.2) is 24.5 Å². The molecule has 0 aromatic carbocycles. The van der Waals surface area contributed by atoms with Crippen LogP contribution in [0.1, 0.15) is 163 Å². The predicted octanol–water partition coefficient (Wildman–Crippen LogP) is 5.95. The molecule has 0 spiro atoms. The molecule has 9 heteroatoms. The van der Waals surface area contributed by atoms with Crippen LogP contribution < -0.4 is 40.4 Å². The molecule has 0 fully saturated rings. The van der Waals surface area contributed by atoms with Crippen molar-refractivity contribution in [1.82, 2.24) is 10.8 Å². The molecule has 0 aliphatic carbocycles. The third kappa shape index (κ3) is 30.5. The van der Waals surface area contributed by atoms with Gasteiger partial charge < -0.3 is 6.74 Å². The number of unbranched alkanes of at least 4 members (excludes halogenated alkanes) is 18. The minimum atomic E-state index is -2.46. The molecular weight excluding hydrogens is 510 g/mol. The molecule has 0 radical (unpaired) electrons. The normalized spacial score (nSPS) is 12.0. The zero-order valence-corrected chi connectivity index (χ0v) is 28.2. The molecule has 0 aromatic rings. The van der Waals surface area contributed by atoms with Crippen LogP contribution >= 0.6 is 8.25 Å². The summed E-state index contributed by atoms with van der Waals surface area (Å²) in [6.07, 6.45) is 25.3. The zero-order chi connectivity index (χ0) is 27.4. The Balaban J connectivity index is -0.00000648. The maximum Gasteiger partial charge on any atom is 1.00 e. The van der Waals surface area contributed by atoms with Gasteiger partial charge in [-0.05, 0) is 19.8 Å². The van der Waals surface area contributed by atoms with E-state index in [4.69, 9.17) is 9.15 Å². The van der Waals surface area contributed by atoms with Crippen molar-refractivity contribution in [3.8, 4) is 0 Å². The van der Waals surface area contributed by atoms with Crippen molar-refractivity contribution in [2.45, 2.75) is 168 Å². The Morgan fingerprint density at radius 1 is 0.658 bits per heavy atom. The zero-order valence-electron chi connectivity index (χ0n) is 26.3. The first kappa shape index (κ1) is 40.1. The van der Waals surface area contributed by atoms with E-state index in [1.807, 2.05) is 0 Å². The number of hydroxylamine groups is 1. The third-order valence-electron chi connectivity index (χ3n) is 6.59. The molecule has 0 saturated carbocycles. The van der Waals surface area contributed by atoms with Gasteiger partial charge in [0, 0.05) is 22.0 Å². The molecule has 0 saturated heterocycles. The summed E-state index contributed by atoms with van der Waals surface area (Å²) in [5.41, 5.74) is 2.20. The summed E-state index contributed by atoms with van der Waals surface area (Å²) in [4.78, 5) is 23.9. The van der Waals surface area contributed by atoms with E-state index in [2.05, 4.69) is 24.6 Å². The quantitative estimate of drug-likeness (QED) is 0.0526. The summed E-state index contributed by atoms with van der Waals surface area (Å²) in [6, 6.07) is -0.277. The van der Waals surface area contributed by atoms with Crippen LogP contribution in [0.2, 0.25) is 0 Å². The van der Waals surface area contributed by atoms with Crippen molar-refractivity contribution in [2.24, 2.45) is 0 Å². The molecule has 0 aliphatic rings. The SMILES string of the molecule is CCCCCCCCCCCCCC(=O)NC(C)CO[P+](=O)ONC(=O)CCCCCCCCCCC.[H-].[Na+]. The first-order chi connectivity index (χ1) is 18.0. The van der Waals surface area contributed by atoms with Gasteiger partial charge in [-0.1, -0.05) is 129 Å². The fourth-order valence-electron chi connectivity index (χ4n) is 4.27. The average Bonchev–Trinajstić information content (AvgIpc) is 2.88. The fourth-order valence-corrected chi connectivity index (χ4v) is 4.85. The van der Waals surface area contributed by atoms with Crippen LogP contribution in [0.25, 0.3) is 0 Å². The van der Waals surface area contributed by atoms with Gasteiger partial charge in [0.25, 0.3) is 0 Å². The second kappa shape index (κ2) is 31.5. The predicted molar refractivity (Wildman–Crippen MR) is 154 cm³/mol. The van der Waals surface area contributed by atoms with Crippen molar-refractivity contribution >= 4 is 20.1 Å². The van der Waals surface area contributed by atoms with Gasteiger partial charge in [-0.3, -0.25) is 9.59 Å². The first-order valence-electron chi connectivity index (χ1n) is 15.3. The average molecular weight is 570 g/mol. The number of rotatable bonds is 28. The standard InChI is InChI=1S/C29H57N2O5P.Na.H/c1-4-6-8-10-12-14-15-17-18-20-22-24-28(32)30-27(3)26-35-37(34)36-31-29(33)25-23-21-19-16-13-11-9-7-5-2;;/h27H,4-26H2,1-3H3,(H-,30,31,32,33);;/q;+1;-1/p+1. The smallest absolute Gasteiger partial charge is 1.00 e. The Labute approximate surface area is 258 Å². The van der Waals surface area contributed by atoms with Crippen molar-refractivity contribution in [3.63, 3.8) is 0 Å². The Bertz CT molecular complexity index is 576. The molecule has 2 amide bonds. The van der Waals surface area contributed by atoms with Crippen molar-refractivity contribution in [2.75, 3.05) is 6.61 Å². The largest absolute Gasteiger partial charge is 1.00 e. The molecule has 0 aliphatic heterocycles. The molecular formula is C29H59N2NaO5P+. The molecule has 0 heterocycles. The maximum absolute atomic E-state index is 12.1. The summed E-state index contributed by atoms with van der Waals surface area (Å²) in [5.74, 6) is -0.305. The van der Waals surface area contributed by atoms with Gasteiger partial charge >= 0.3 is 37.8 Å². The van der Waals surface area contributed by atoms with Crippen LogP contribution in [0.3, 0.4) is 0 Å². The summed E-state index contributed by atoms with van der Waals surface area (Å²) in [7, 11) is -2.46. The Hall–Kier alpha value is -0.0400. The number of nitrogens with one attached hydrogen (secondary N) is 2. The Morgan fingerprint density at radius 3 is 1.45 bits per heavy atom. The van der Waals surface area contributed by atoms with Gasteiger partial charge in [-0.2, -0.15) is 5.48 Å². The van der Waals surface area contributed by atoms with E-state index in [9.17, 15) is 14.2 Å². The molecule has 38 heavy (non-hydrogen) atoms. The molecule has 2 N–H and O–H groups in total. The van der Waals surface area contributed by atoms with Crippen LogP contribution in [-0.2, 0) is 23.3 Å². The van der Waals surface area contributed by atoms with Gasteiger partial charge in [-0.25, -0.2) is 0 Å². The second-order valence-electron chi connectivity index (χ2n) is 10.5. The van der Waals surface area contributed by atoms with E-state index in [-0.39, 0.29) is 55.4 Å². The number of carbonyl (C=O) groups excluding carboxylic acids is 2. The van der Waals surface area contributed by atoms with Gasteiger partial charge in [-0.15, -0.1) is 4.52 Å². The van der Waals surface area contributed by atoms with Gasteiger partial charge in [0.2, 0.25) is 11.8 Å². The molecule has 2 atom stereocenters. The van der Waals surface area contributed by atoms with Crippen molar-refractivity contribution in [1.29, 1.82) is 0 Å². The number of hydrogen-bond donors (Lipinski definition) is 2. The van der Waals surface area contributed by atoms with E-state index in [0.717, 1.165) is 32.1 Å². The maximum atomic E-state index is 12.1. The van der Waals surface area contributed by atoms with Crippen LogP contribution in [0.15, 0.2) is 0 Å². The second-order valence-corrected chi connectivity index (χ2v) is 11.4. The minimum absolute atomic E-state index is 0. The van der Waals surface area contributed by atoms with E-state index in [1.165, 1.54) is 96.3 Å². The summed E-state index contributed by atoms with van der Waals surface area (Å²) >= 11 is 0. The Morgan fingerprint density at radius 2 is 1.03 bits per heavy atom. The van der Waals surface area contributed by atoms with E-state index >= 15 is 0 Å². The summed E-state index contributed by atoms with van der Waals surface area (Å²) in [5, 5.41) is 2.86. The topological polar surface area (TPSA) is 93.7 Å². The van der Waals surface area contributed by atoms with Gasteiger partial charge in [0.15, 0.2) is 0 Å². The fraction of sp³-hybridized carbons (Fsp3) is 0.931. The third-order valence-corrected chi connectivity index (χ3v) is 7.19. The molecule has 0 bridgehead atoms. The van der Waals surface area contributed by atoms with Gasteiger partial charge in [0.05, 0.1) is 6.04 Å². The van der Waals surface area contributed by atoms with Gasteiger partial charge in [0.1, 0.15) is 6.61 Å². The first-order valence-corrected chi connectivity index (χ1v) is 16.4. The molecule has 0 aromatic heterocycles. The summed E-state index contributed by atoms with van der Waals surface area (Å²) < 4.78 is 21.8. The van der Waals surface area contributed by atoms with Crippen molar-refractivity contribution in [3.05, 3.63) is 0 Å². The van der Waals surface area contributed by atoms with E-state index in [0.29, 0.717) is 12.8 Å². The van der Waals surface area contributed by atoms with E-state index in [1.54, 1.807) is 6.92 Å². The number of carbonyl (C=O) groups is 2. The minimum Gasteiger partial charge on any atom is -1.00 e. The Kier molecular flexibility index (Phi) is 33.2. The molecule has 0 rings (SSSR count). The summed E-state index contributed by atoms with van der Waals surface area (Å²) in [6.45, 7) is 6.32. The number of hydrogen-bond acceptors (Lipinski definition) is 5. The van der Waals surface area contributed by atoms with Crippen LogP contribution in [0.4, 0.5) is 0 Å². The monoisotopic (exact) mass is 569 g/mol. The van der Waals surface area contributed by atoms with Crippen LogP contribution in [0.5, 0.6) is 0 Å². The molecule has 220 valence electrons. The molecule has 7 nitrogen and oxygen atoms in total.